The van der Waals surface area contributed by atoms with Gasteiger partial charge in [-0.15, -0.1) is 0 Å². The average Bonchev–Trinajstić information content (AvgIpc) is 2.08. The minimum absolute atomic E-state index is 0.00574. The van der Waals surface area contributed by atoms with E-state index in [4.69, 9.17) is 23.2 Å². The molecule has 0 saturated carbocycles. The third-order valence-corrected chi connectivity index (χ3v) is 2.75. The first-order valence-electron chi connectivity index (χ1n) is 4.15. The van der Waals surface area contributed by atoms with Crippen molar-refractivity contribution in [2.24, 2.45) is 0 Å². The second-order valence-electron chi connectivity index (χ2n) is 3.20. The minimum Gasteiger partial charge on any atom is -0.393 e. The highest BCUT2D eigenvalue weighted by Gasteiger charge is 2.14. The van der Waals surface area contributed by atoms with Gasteiger partial charge in [0.2, 0.25) is 0 Å². The zero-order valence-corrected chi connectivity index (χ0v) is 9.10. The van der Waals surface area contributed by atoms with Gasteiger partial charge in [0.15, 0.2) is 0 Å². The van der Waals surface area contributed by atoms with E-state index >= 15 is 0 Å². The van der Waals surface area contributed by atoms with Crippen LogP contribution in [0.5, 0.6) is 0 Å². The van der Waals surface area contributed by atoms with Crippen molar-refractivity contribution in [1.82, 2.24) is 0 Å². The van der Waals surface area contributed by atoms with Gasteiger partial charge >= 0.3 is 0 Å². The van der Waals surface area contributed by atoms with Gasteiger partial charge in [-0.25, -0.2) is 0 Å². The summed E-state index contributed by atoms with van der Waals surface area (Å²) >= 11 is 11.8. The molecule has 1 aromatic carbocycles. The number of halogens is 2. The van der Waals surface area contributed by atoms with Crippen molar-refractivity contribution < 1.29 is 5.11 Å². The van der Waals surface area contributed by atoms with E-state index < -0.39 is 6.10 Å². The fraction of sp³-hybridized carbons (Fsp3) is 0.400. The number of aliphatic hydroxyl groups is 1. The molecule has 0 aliphatic heterocycles. The average molecular weight is 219 g/mol. The van der Waals surface area contributed by atoms with Crippen LogP contribution in [0.25, 0.3) is 0 Å². The van der Waals surface area contributed by atoms with Gasteiger partial charge in [-0.05, 0) is 30.7 Å². The molecule has 2 atom stereocenters. The summed E-state index contributed by atoms with van der Waals surface area (Å²) in [6, 6.07) is 5.28. The van der Waals surface area contributed by atoms with E-state index in [1.54, 1.807) is 25.1 Å². The highest BCUT2D eigenvalue weighted by Crippen LogP contribution is 2.29. The molecule has 0 heterocycles. The molecule has 1 N–H and O–H groups in total. The molecule has 0 radical (unpaired) electrons. The normalized spacial score (nSPS) is 15.5. The van der Waals surface area contributed by atoms with Crippen LogP contribution in [-0.4, -0.2) is 11.2 Å². The van der Waals surface area contributed by atoms with Gasteiger partial charge in [0.1, 0.15) is 0 Å². The van der Waals surface area contributed by atoms with E-state index in [-0.39, 0.29) is 5.92 Å². The highest BCUT2D eigenvalue weighted by molar-refractivity contribution is 6.33. The number of benzene rings is 1. The Morgan fingerprint density at radius 2 is 1.85 bits per heavy atom. The SMILES string of the molecule is CC(O)C(C)c1cc(Cl)ccc1Cl. The first kappa shape index (κ1) is 10.8. The zero-order valence-electron chi connectivity index (χ0n) is 7.59. The van der Waals surface area contributed by atoms with Crippen LogP contribution in [0.4, 0.5) is 0 Å². The first-order valence-corrected chi connectivity index (χ1v) is 4.91. The Hall–Kier alpha value is -0.240. The minimum atomic E-state index is -0.420. The van der Waals surface area contributed by atoms with Gasteiger partial charge in [-0.3, -0.25) is 0 Å². The molecule has 0 spiro atoms. The van der Waals surface area contributed by atoms with E-state index in [1.807, 2.05) is 6.92 Å². The number of hydrogen-bond donors (Lipinski definition) is 1. The van der Waals surface area contributed by atoms with Crippen LogP contribution < -0.4 is 0 Å². The Kier molecular flexibility index (Phi) is 3.60. The Morgan fingerprint density at radius 1 is 1.23 bits per heavy atom. The third kappa shape index (κ3) is 2.60. The molecule has 2 unspecified atom stereocenters. The molecule has 0 aliphatic rings. The summed E-state index contributed by atoms with van der Waals surface area (Å²) in [5.74, 6) is 0.00574. The van der Waals surface area contributed by atoms with Crippen LogP contribution in [0, 0.1) is 0 Å². The maximum atomic E-state index is 9.39. The summed E-state index contributed by atoms with van der Waals surface area (Å²) in [6.45, 7) is 3.66. The monoisotopic (exact) mass is 218 g/mol. The maximum Gasteiger partial charge on any atom is 0.0578 e. The maximum absolute atomic E-state index is 9.39. The fourth-order valence-corrected chi connectivity index (χ4v) is 1.59. The Labute approximate surface area is 88.3 Å². The number of rotatable bonds is 2. The molecule has 0 aromatic heterocycles. The van der Waals surface area contributed by atoms with Crippen molar-refractivity contribution >= 4 is 23.2 Å². The molecule has 1 nitrogen and oxygen atoms in total. The van der Waals surface area contributed by atoms with Crippen molar-refractivity contribution in [1.29, 1.82) is 0 Å². The summed E-state index contributed by atoms with van der Waals surface area (Å²) in [5, 5.41) is 10.7. The van der Waals surface area contributed by atoms with Gasteiger partial charge in [0.05, 0.1) is 6.10 Å². The second-order valence-corrected chi connectivity index (χ2v) is 4.04. The number of aliphatic hydroxyl groups excluding tert-OH is 1. The molecular weight excluding hydrogens is 207 g/mol. The number of hydrogen-bond acceptors (Lipinski definition) is 1. The summed E-state index contributed by atoms with van der Waals surface area (Å²) in [6.07, 6.45) is -0.420. The van der Waals surface area contributed by atoms with Crippen molar-refractivity contribution in [3.8, 4) is 0 Å². The molecular formula is C10H12Cl2O. The van der Waals surface area contributed by atoms with Gasteiger partial charge in [0.25, 0.3) is 0 Å². The van der Waals surface area contributed by atoms with E-state index in [2.05, 4.69) is 0 Å². The van der Waals surface area contributed by atoms with Crippen molar-refractivity contribution in [2.75, 3.05) is 0 Å². The smallest absolute Gasteiger partial charge is 0.0578 e. The molecule has 0 bridgehead atoms. The van der Waals surface area contributed by atoms with Crippen molar-refractivity contribution in [3.05, 3.63) is 33.8 Å². The van der Waals surface area contributed by atoms with E-state index in [0.29, 0.717) is 10.0 Å². The predicted molar refractivity (Wildman–Crippen MR) is 56.6 cm³/mol. The topological polar surface area (TPSA) is 20.2 Å². The first-order chi connectivity index (χ1) is 6.02. The molecule has 0 aliphatic carbocycles. The Balaban J connectivity index is 3.05. The Morgan fingerprint density at radius 3 is 2.38 bits per heavy atom. The quantitative estimate of drug-likeness (QED) is 0.807. The lowest BCUT2D eigenvalue weighted by Gasteiger charge is -2.16. The lowest BCUT2D eigenvalue weighted by Crippen LogP contribution is -2.11. The molecule has 3 heteroatoms. The van der Waals surface area contributed by atoms with Crippen molar-refractivity contribution in [3.63, 3.8) is 0 Å². The largest absolute Gasteiger partial charge is 0.393 e. The fourth-order valence-electron chi connectivity index (χ4n) is 1.12. The van der Waals surface area contributed by atoms with Crippen LogP contribution in [0.2, 0.25) is 10.0 Å². The van der Waals surface area contributed by atoms with Gasteiger partial charge < -0.3 is 5.11 Å². The van der Waals surface area contributed by atoms with Crippen LogP contribution >= 0.6 is 23.2 Å². The lowest BCUT2D eigenvalue weighted by atomic mass is 9.96. The van der Waals surface area contributed by atoms with Crippen LogP contribution in [0.15, 0.2) is 18.2 Å². The highest BCUT2D eigenvalue weighted by atomic mass is 35.5. The van der Waals surface area contributed by atoms with Gasteiger partial charge in [0, 0.05) is 16.0 Å². The van der Waals surface area contributed by atoms with Crippen LogP contribution in [0.3, 0.4) is 0 Å². The van der Waals surface area contributed by atoms with Crippen LogP contribution in [0.1, 0.15) is 25.3 Å². The molecule has 1 rings (SSSR count). The van der Waals surface area contributed by atoms with Gasteiger partial charge in [-0.1, -0.05) is 30.1 Å². The second kappa shape index (κ2) is 4.32. The zero-order chi connectivity index (χ0) is 10.0. The molecule has 0 saturated heterocycles. The van der Waals surface area contributed by atoms with Crippen molar-refractivity contribution in [2.45, 2.75) is 25.9 Å². The van der Waals surface area contributed by atoms with Crippen LogP contribution in [-0.2, 0) is 0 Å². The molecule has 72 valence electrons. The summed E-state index contributed by atoms with van der Waals surface area (Å²) < 4.78 is 0. The van der Waals surface area contributed by atoms with E-state index in [1.165, 1.54) is 0 Å². The summed E-state index contributed by atoms with van der Waals surface area (Å²) in [7, 11) is 0. The molecule has 0 fully saturated rings. The molecule has 0 amide bonds. The summed E-state index contributed by atoms with van der Waals surface area (Å²) in [5.41, 5.74) is 0.893. The van der Waals surface area contributed by atoms with Gasteiger partial charge in [-0.2, -0.15) is 0 Å². The van der Waals surface area contributed by atoms with E-state index in [9.17, 15) is 5.11 Å². The molecule has 1 aromatic rings. The predicted octanol–water partition coefficient (Wildman–Crippen LogP) is 3.48. The summed E-state index contributed by atoms with van der Waals surface area (Å²) in [4.78, 5) is 0. The lowest BCUT2D eigenvalue weighted by molar-refractivity contribution is 0.169. The standard InChI is InChI=1S/C10H12Cl2O/c1-6(7(2)13)9-5-8(11)3-4-10(9)12/h3-7,13H,1-2H3. The Bertz CT molecular complexity index is 297. The molecule has 13 heavy (non-hydrogen) atoms. The third-order valence-electron chi connectivity index (χ3n) is 2.17. The van der Waals surface area contributed by atoms with E-state index in [0.717, 1.165) is 5.56 Å².